The lowest BCUT2D eigenvalue weighted by atomic mass is 10.1. The fourth-order valence-electron chi connectivity index (χ4n) is 2.81. The molecule has 0 saturated carbocycles. The van der Waals surface area contributed by atoms with Crippen LogP contribution in [-0.2, 0) is 0 Å². The predicted octanol–water partition coefficient (Wildman–Crippen LogP) is 5.12. The number of hydrogen-bond donors (Lipinski definition) is 2. The molecular weight excluding hydrogens is 336 g/mol. The molecule has 0 heterocycles. The third kappa shape index (κ3) is 4.42. The first-order chi connectivity index (χ1) is 12.9. The van der Waals surface area contributed by atoms with Gasteiger partial charge in [0, 0.05) is 22.5 Å². The van der Waals surface area contributed by atoms with E-state index in [0.717, 1.165) is 28.1 Å². The largest absolute Gasteiger partial charge is 0.322 e. The molecule has 0 bridgehead atoms. The Bertz CT molecular complexity index is 954. The summed E-state index contributed by atoms with van der Waals surface area (Å²) in [5, 5.41) is 5.80. The molecule has 0 radical (unpaired) electrons. The maximum atomic E-state index is 12.5. The Morgan fingerprint density at radius 1 is 0.630 bits per heavy atom. The molecule has 27 heavy (non-hydrogen) atoms. The van der Waals surface area contributed by atoms with Gasteiger partial charge in [0.25, 0.3) is 11.8 Å². The minimum Gasteiger partial charge on any atom is -0.322 e. The van der Waals surface area contributed by atoms with Crippen LogP contribution in [-0.4, -0.2) is 11.8 Å². The lowest BCUT2D eigenvalue weighted by Gasteiger charge is -2.12. The average molecular weight is 358 g/mol. The molecule has 2 amide bonds. The van der Waals surface area contributed by atoms with Crippen LogP contribution >= 0.6 is 0 Å². The molecule has 0 aliphatic carbocycles. The van der Waals surface area contributed by atoms with E-state index >= 15 is 0 Å². The highest BCUT2D eigenvalue weighted by Crippen LogP contribution is 2.20. The SMILES string of the molecule is Cc1ccc(NC(=O)c2ccc(C(=O)Nc3c(C)cccc3C)cc2)cc1. The van der Waals surface area contributed by atoms with Crippen molar-refractivity contribution in [2.75, 3.05) is 10.6 Å². The lowest BCUT2D eigenvalue weighted by Crippen LogP contribution is -2.15. The fraction of sp³-hybridized carbons (Fsp3) is 0.130. The second-order valence-electron chi connectivity index (χ2n) is 6.62. The molecule has 0 aliphatic rings. The number of aryl methyl sites for hydroxylation is 3. The summed E-state index contributed by atoms with van der Waals surface area (Å²) >= 11 is 0. The molecular formula is C23H22N2O2. The number of benzene rings is 3. The van der Waals surface area contributed by atoms with Crippen LogP contribution in [0.2, 0.25) is 0 Å². The molecule has 0 aliphatic heterocycles. The molecule has 0 fully saturated rings. The highest BCUT2D eigenvalue weighted by Gasteiger charge is 2.11. The minimum atomic E-state index is -0.208. The Balaban J connectivity index is 1.70. The van der Waals surface area contributed by atoms with Crippen LogP contribution in [0, 0.1) is 20.8 Å². The van der Waals surface area contributed by atoms with E-state index in [4.69, 9.17) is 0 Å². The van der Waals surface area contributed by atoms with Crippen LogP contribution in [0.1, 0.15) is 37.4 Å². The Morgan fingerprint density at radius 3 is 1.63 bits per heavy atom. The minimum absolute atomic E-state index is 0.196. The molecule has 3 aromatic carbocycles. The van der Waals surface area contributed by atoms with Crippen LogP contribution in [0.5, 0.6) is 0 Å². The van der Waals surface area contributed by atoms with Gasteiger partial charge >= 0.3 is 0 Å². The lowest BCUT2D eigenvalue weighted by molar-refractivity contribution is 0.101. The maximum absolute atomic E-state index is 12.5. The number of rotatable bonds is 4. The first kappa shape index (κ1) is 18.4. The highest BCUT2D eigenvalue weighted by atomic mass is 16.2. The Hall–Kier alpha value is -3.40. The van der Waals surface area contributed by atoms with E-state index in [-0.39, 0.29) is 11.8 Å². The van der Waals surface area contributed by atoms with Gasteiger partial charge in [0.15, 0.2) is 0 Å². The van der Waals surface area contributed by atoms with Crippen molar-refractivity contribution in [3.05, 3.63) is 94.5 Å². The van der Waals surface area contributed by atoms with Crippen molar-refractivity contribution in [3.63, 3.8) is 0 Å². The van der Waals surface area contributed by atoms with Crippen molar-refractivity contribution in [1.29, 1.82) is 0 Å². The monoisotopic (exact) mass is 358 g/mol. The summed E-state index contributed by atoms with van der Waals surface area (Å²) in [7, 11) is 0. The third-order valence-electron chi connectivity index (χ3n) is 4.44. The van der Waals surface area contributed by atoms with E-state index in [1.165, 1.54) is 0 Å². The van der Waals surface area contributed by atoms with Gasteiger partial charge in [0.1, 0.15) is 0 Å². The topological polar surface area (TPSA) is 58.2 Å². The van der Waals surface area contributed by atoms with Gasteiger partial charge in [0.2, 0.25) is 0 Å². The van der Waals surface area contributed by atoms with Gasteiger partial charge in [-0.2, -0.15) is 0 Å². The number of para-hydroxylation sites is 1. The van der Waals surface area contributed by atoms with Gasteiger partial charge in [-0.1, -0.05) is 35.9 Å². The molecule has 0 unspecified atom stereocenters. The number of carbonyl (C=O) groups is 2. The van der Waals surface area contributed by atoms with Crippen molar-refractivity contribution in [2.24, 2.45) is 0 Å². The zero-order valence-corrected chi connectivity index (χ0v) is 15.7. The van der Waals surface area contributed by atoms with E-state index in [1.807, 2.05) is 63.2 Å². The molecule has 0 aromatic heterocycles. The number of amides is 2. The number of anilines is 2. The normalized spacial score (nSPS) is 10.3. The summed E-state index contributed by atoms with van der Waals surface area (Å²) in [6.45, 7) is 5.91. The van der Waals surface area contributed by atoms with E-state index in [1.54, 1.807) is 24.3 Å². The quantitative estimate of drug-likeness (QED) is 0.680. The standard InChI is InChI=1S/C23H22N2O2/c1-15-7-13-20(14-8-15)24-22(26)18-9-11-19(12-10-18)23(27)25-21-16(2)5-4-6-17(21)3/h4-14H,1-3H3,(H,24,26)(H,25,27). The summed E-state index contributed by atoms with van der Waals surface area (Å²) in [4.78, 5) is 24.9. The molecule has 4 nitrogen and oxygen atoms in total. The van der Waals surface area contributed by atoms with Crippen LogP contribution < -0.4 is 10.6 Å². The molecule has 3 aromatic rings. The summed E-state index contributed by atoms with van der Waals surface area (Å²) in [6, 6.07) is 20.1. The van der Waals surface area contributed by atoms with Crippen molar-refractivity contribution < 1.29 is 9.59 Å². The smallest absolute Gasteiger partial charge is 0.255 e. The number of hydrogen-bond acceptors (Lipinski definition) is 2. The Morgan fingerprint density at radius 2 is 1.11 bits per heavy atom. The van der Waals surface area contributed by atoms with Gasteiger partial charge in [-0.05, 0) is 68.3 Å². The predicted molar refractivity (Wildman–Crippen MR) is 109 cm³/mol. The molecule has 4 heteroatoms. The van der Waals surface area contributed by atoms with E-state index < -0.39 is 0 Å². The second-order valence-corrected chi connectivity index (χ2v) is 6.62. The summed E-state index contributed by atoms with van der Waals surface area (Å²) in [5.74, 6) is -0.404. The zero-order chi connectivity index (χ0) is 19.4. The van der Waals surface area contributed by atoms with Gasteiger partial charge in [0.05, 0.1) is 0 Å². The van der Waals surface area contributed by atoms with Crippen molar-refractivity contribution in [1.82, 2.24) is 0 Å². The van der Waals surface area contributed by atoms with Crippen LogP contribution in [0.15, 0.2) is 66.7 Å². The number of carbonyl (C=O) groups excluding carboxylic acids is 2. The average Bonchev–Trinajstić information content (AvgIpc) is 2.66. The van der Waals surface area contributed by atoms with Crippen LogP contribution in [0.25, 0.3) is 0 Å². The van der Waals surface area contributed by atoms with E-state index in [9.17, 15) is 9.59 Å². The van der Waals surface area contributed by atoms with Gasteiger partial charge in [-0.3, -0.25) is 9.59 Å². The second kappa shape index (κ2) is 7.87. The van der Waals surface area contributed by atoms with E-state index in [0.29, 0.717) is 11.1 Å². The van der Waals surface area contributed by atoms with Gasteiger partial charge in [-0.25, -0.2) is 0 Å². The van der Waals surface area contributed by atoms with E-state index in [2.05, 4.69) is 10.6 Å². The maximum Gasteiger partial charge on any atom is 0.255 e. The third-order valence-corrected chi connectivity index (χ3v) is 4.44. The molecule has 0 saturated heterocycles. The molecule has 0 atom stereocenters. The van der Waals surface area contributed by atoms with Crippen molar-refractivity contribution in [3.8, 4) is 0 Å². The van der Waals surface area contributed by atoms with Crippen molar-refractivity contribution >= 4 is 23.2 Å². The summed E-state index contributed by atoms with van der Waals surface area (Å²) in [6.07, 6.45) is 0. The van der Waals surface area contributed by atoms with Crippen LogP contribution in [0.3, 0.4) is 0 Å². The molecule has 0 spiro atoms. The van der Waals surface area contributed by atoms with Crippen molar-refractivity contribution in [2.45, 2.75) is 20.8 Å². The molecule has 3 rings (SSSR count). The molecule has 2 N–H and O–H groups in total. The number of nitrogens with one attached hydrogen (secondary N) is 2. The Labute approximate surface area is 159 Å². The Kier molecular flexibility index (Phi) is 5.36. The van der Waals surface area contributed by atoms with Gasteiger partial charge < -0.3 is 10.6 Å². The first-order valence-electron chi connectivity index (χ1n) is 8.79. The molecule has 136 valence electrons. The zero-order valence-electron chi connectivity index (χ0n) is 15.7. The van der Waals surface area contributed by atoms with Crippen LogP contribution in [0.4, 0.5) is 11.4 Å². The highest BCUT2D eigenvalue weighted by molar-refractivity contribution is 6.07. The fourth-order valence-corrected chi connectivity index (χ4v) is 2.81. The van der Waals surface area contributed by atoms with Gasteiger partial charge in [-0.15, -0.1) is 0 Å². The first-order valence-corrected chi connectivity index (χ1v) is 8.79. The summed E-state index contributed by atoms with van der Waals surface area (Å²) in [5.41, 5.74) is 5.72. The summed E-state index contributed by atoms with van der Waals surface area (Å²) < 4.78 is 0.